The molecule has 0 unspecified atom stereocenters. The van der Waals surface area contributed by atoms with Gasteiger partial charge in [-0.05, 0) is 24.3 Å². The third kappa shape index (κ3) is 2.57. The lowest BCUT2D eigenvalue weighted by Gasteiger charge is -2.04. The van der Waals surface area contributed by atoms with Crippen LogP contribution in [0.25, 0.3) is 16.9 Å². The first-order valence-electron chi connectivity index (χ1n) is 5.96. The Labute approximate surface area is 129 Å². The van der Waals surface area contributed by atoms with E-state index < -0.39 is 5.82 Å². The van der Waals surface area contributed by atoms with Crippen molar-refractivity contribution in [2.45, 2.75) is 0 Å². The maximum Gasteiger partial charge on any atom is 0.142 e. The molecule has 106 valence electrons. The number of nitrogens with two attached hydrogens (primary N) is 1. The van der Waals surface area contributed by atoms with Crippen LogP contribution in [0.3, 0.4) is 0 Å². The van der Waals surface area contributed by atoms with E-state index in [4.69, 9.17) is 28.9 Å². The predicted octanol–water partition coefficient (Wildman–Crippen LogP) is 3.96. The summed E-state index contributed by atoms with van der Waals surface area (Å²) in [5, 5.41) is 4.59. The van der Waals surface area contributed by atoms with E-state index in [1.54, 1.807) is 35.4 Å². The highest BCUT2D eigenvalue weighted by atomic mass is 35.5. The summed E-state index contributed by atoms with van der Waals surface area (Å²) >= 11 is 11.8. The van der Waals surface area contributed by atoms with Gasteiger partial charge in [0.25, 0.3) is 0 Å². The van der Waals surface area contributed by atoms with Crippen molar-refractivity contribution in [3.63, 3.8) is 0 Å². The lowest BCUT2D eigenvalue weighted by atomic mass is 10.1. The largest absolute Gasteiger partial charge is 0.396 e. The van der Waals surface area contributed by atoms with Crippen LogP contribution in [0.15, 0.2) is 42.9 Å². The molecule has 7 heteroatoms. The first-order chi connectivity index (χ1) is 10.1. The zero-order valence-corrected chi connectivity index (χ0v) is 12.1. The molecule has 0 atom stereocenters. The molecule has 1 aromatic carbocycles. The van der Waals surface area contributed by atoms with Crippen molar-refractivity contribution in [1.29, 1.82) is 0 Å². The van der Waals surface area contributed by atoms with E-state index in [0.717, 1.165) is 5.69 Å². The van der Waals surface area contributed by atoms with Gasteiger partial charge in [-0.3, -0.25) is 4.98 Å². The van der Waals surface area contributed by atoms with Gasteiger partial charge in [-0.15, -0.1) is 0 Å². The first kappa shape index (κ1) is 13.9. The van der Waals surface area contributed by atoms with E-state index in [1.165, 1.54) is 12.1 Å². The van der Waals surface area contributed by atoms with Gasteiger partial charge >= 0.3 is 0 Å². The van der Waals surface area contributed by atoms with Gasteiger partial charge in [-0.25, -0.2) is 9.07 Å². The summed E-state index contributed by atoms with van der Waals surface area (Å²) in [6, 6.07) is 6.11. The van der Waals surface area contributed by atoms with Crippen LogP contribution in [0.5, 0.6) is 0 Å². The molecule has 0 amide bonds. The number of halogens is 3. The van der Waals surface area contributed by atoms with Gasteiger partial charge in [0.15, 0.2) is 0 Å². The highest BCUT2D eigenvalue weighted by Gasteiger charge is 2.15. The van der Waals surface area contributed by atoms with E-state index in [0.29, 0.717) is 16.9 Å². The number of nitrogens with zero attached hydrogens (tertiary/aromatic N) is 3. The first-order valence-corrected chi connectivity index (χ1v) is 6.72. The normalized spacial score (nSPS) is 10.8. The van der Waals surface area contributed by atoms with Gasteiger partial charge in [0.05, 0.1) is 27.6 Å². The molecule has 0 saturated heterocycles. The highest BCUT2D eigenvalue weighted by Crippen LogP contribution is 2.34. The Bertz CT molecular complexity index is 802. The number of rotatable bonds is 2. The van der Waals surface area contributed by atoms with E-state index in [1.807, 2.05) is 0 Å². The third-order valence-electron chi connectivity index (χ3n) is 2.93. The van der Waals surface area contributed by atoms with Gasteiger partial charge in [0.2, 0.25) is 0 Å². The number of aromatic nitrogens is 3. The Hall–Kier alpha value is -2.11. The second-order valence-electron chi connectivity index (χ2n) is 4.33. The standard InChI is InChI=1S/C14H9Cl2FN4/c15-10-6-11(16)12(17)5-9(10)14-13(18)7-21(20-14)8-1-3-19-4-2-8/h1-7H,18H2. The molecular formula is C14H9Cl2FN4. The van der Waals surface area contributed by atoms with Gasteiger partial charge in [-0.1, -0.05) is 23.2 Å². The Morgan fingerprint density at radius 3 is 2.52 bits per heavy atom. The van der Waals surface area contributed by atoms with Gasteiger partial charge in [0, 0.05) is 18.0 Å². The van der Waals surface area contributed by atoms with Crippen molar-refractivity contribution < 1.29 is 4.39 Å². The predicted molar refractivity (Wildman–Crippen MR) is 81.2 cm³/mol. The molecule has 4 nitrogen and oxygen atoms in total. The fourth-order valence-electron chi connectivity index (χ4n) is 1.93. The molecule has 3 rings (SSSR count). The summed E-state index contributed by atoms with van der Waals surface area (Å²) in [5.41, 5.74) is 7.91. The molecule has 0 saturated carbocycles. The highest BCUT2D eigenvalue weighted by molar-refractivity contribution is 6.36. The summed E-state index contributed by atoms with van der Waals surface area (Å²) in [6.45, 7) is 0. The SMILES string of the molecule is Nc1cn(-c2ccncc2)nc1-c1cc(F)c(Cl)cc1Cl. The average Bonchev–Trinajstić information content (AvgIpc) is 2.86. The lowest BCUT2D eigenvalue weighted by molar-refractivity contribution is 0.628. The second kappa shape index (κ2) is 5.35. The van der Waals surface area contributed by atoms with E-state index in [-0.39, 0.29) is 10.0 Å². The molecule has 2 heterocycles. The Morgan fingerprint density at radius 1 is 1.10 bits per heavy atom. The topological polar surface area (TPSA) is 56.7 Å². The Morgan fingerprint density at radius 2 is 1.81 bits per heavy atom. The number of hydrogen-bond donors (Lipinski definition) is 1. The summed E-state index contributed by atoms with van der Waals surface area (Å²) in [7, 11) is 0. The summed E-state index contributed by atoms with van der Waals surface area (Å²) in [5.74, 6) is -0.575. The number of pyridine rings is 1. The minimum atomic E-state index is -0.575. The fourth-order valence-corrected chi connectivity index (χ4v) is 2.40. The molecule has 0 aliphatic heterocycles. The van der Waals surface area contributed by atoms with Crippen LogP contribution in [0.1, 0.15) is 0 Å². The molecule has 0 fully saturated rings. The van der Waals surface area contributed by atoms with E-state index in [9.17, 15) is 4.39 Å². The third-order valence-corrected chi connectivity index (χ3v) is 3.54. The van der Waals surface area contributed by atoms with Gasteiger partial charge in [0.1, 0.15) is 11.5 Å². The molecule has 0 radical (unpaired) electrons. The number of hydrogen-bond acceptors (Lipinski definition) is 3. The fraction of sp³-hybridized carbons (Fsp3) is 0. The smallest absolute Gasteiger partial charge is 0.142 e. The molecular weight excluding hydrogens is 314 g/mol. The zero-order valence-electron chi connectivity index (χ0n) is 10.6. The molecule has 2 aromatic heterocycles. The minimum Gasteiger partial charge on any atom is -0.396 e. The zero-order chi connectivity index (χ0) is 15.0. The molecule has 3 aromatic rings. The van der Waals surface area contributed by atoms with Crippen molar-refractivity contribution in [1.82, 2.24) is 14.8 Å². The van der Waals surface area contributed by atoms with Crippen LogP contribution in [0, 0.1) is 5.82 Å². The van der Waals surface area contributed by atoms with Crippen LogP contribution in [-0.4, -0.2) is 14.8 Å². The van der Waals surface area contributed by atoms with E-state index >= 15 is 0 Å². The molecule has 0 aliphatic carbocycles. The Balaban J connectivity index is 2.13. The number of benzene rings is 1. The summed E-state index contributed by atoms with van der Waals surface area (Å²) in [4.78, 5) is 3.94. The average molecular weight is 323 g/mol. The second-order valence-corrected chi connectivity index (χ2v) is 5.14. The van der Waals surface area contributed by atoms with E-state index in [2.05, 4.69) is 10.1 Å². The van der Waals surface area contributed by atoms with Gasteiger partial charge in [-0.2, -0.15) is 5.10 Å². The molecule has 0 bridgehead atoms. The van der Waals surface area contributed by atoms with Crippen molar-refractivity contribution in [2.75, 3.05) is 5.73 Å². The number of nitrogen functional groups attached to an aromatic ring is 1. The van der Waals surface area contributed by atoms with Gasteiger partial charge < -0.3 is 5.73 Å². The van der Waals surface area contributed by atoms with Crippen molar-refractivity contribution in [3.05, 3.63) is 58.7 Å². The van der Waals surface area contributed by atoms with Crippen LogP contribution in [0.2, 0.25) is 10.0 Å². The van der Waals surface area contributed by atoms with Crippen molar-refractivity contribution in [2.24, 2.45) is 0 Å². The van der Waals surface area contributed by atoms with Crippen LogP contribution < -0.4 is 5.73 Å². The van der Waals surface area contributed by atoms with Crippen LogP contribution in [-0.2, 0) is 0 Å². The van der Waals surface area contributed by atoms with Crippen LogP contribution in [0.4, 0.5) is 10.1 Å². The number of anilines is 1. The molecule has 0 spiro atoms. The minimum absolute atomic E-state index is 0.0455. The Kier molecular flexibility index (Phi) is 3.53. The quantitative estimate of drug-likeness (QED) is 0.726. The lowest BCUT2D eigenvalue weighted by Crippen LogP contribution is -1.95. The van der Waals surface area contributed by atoms with Crippen LogP contribution >= 0.6 is 23.2 Å². The maximum atomic E-state index is 13.6. The summed E-state index contributed by atoms with van der Waals surface area (Å²) < 4.78 is 15.2. The molecule has 0 aliphatic rings. The maximum absolute atomic E-state index is 13.6. The molecule has 21 heavy (non-hydrogen) atoms. The summed E-state index contributed by atoms with van der Waals surface area (Å²) in [6.07, 6.45) is 4.91. The van der Waals surface area contributed by atoms with Crippen molar-refractivity contribution >= 4 is 28.9 Å². The van der Waals surface area contributed by atoms with Crippen molar-refractivity contribution in [3.8, 4) is 16.9 Å². The molecule has 2 N–H and O–H groups in total. The monoisotopic (exact) mass is 322 g/mol.